The Hall–Kier alpha value is -4.34. The van der Waals surface area contributed by atoms with Gasteiger partial charge in [0.1, 0.15) is 0 Å². The van der Waals surface area contributed by atoms with E-state index in [0.717, 1.165) is 38.5 Å². The zero-order chi connectivity index (χ0) is 35.3. The maximum Gasteiger partial charge on any atom is 0.339 e. The normalized spacial score (nSPS) is 11.5. The Morgan fingerprint density at radius 1 is 0.500 bits per heavy atom. The van der Waals surface area contributed by atoms with Crippen LogP contribution in [0.1, 0.15) is 90.2 Å². The molecule has 266 valence electrons. The van der Waals surface area contributed by atoms with Gasteiger partial charge in [-0.15, -0.1) is 0 Å². The van der Waals surface area contributed by atoms with Crippen molar-refractivity contribution in [1.82, 2.24) is 0 Å². The van der Waals surface area contributed by atoms with E-state index in [1.54, 1.807) is 36.4 Å². The third-order valence-corrected chi connectivity index (χ3v) is 7.27. The highest BCUT2D eigenvalue weighted by atomic mass is 16.6. The molecule has 2 aromatic rings. The maximum atomic E-state index is 13.8. The van der Waals surface area contributed by atoms with Gasteiger partial charge in [-0.05, 0) is 73.2 Å². The minimum atomic E-state index is -0.679. The molecule has 0 radical (unpaired) electrons. The van der Waals surface area contributed by atoms with E-state index in [1.807, 2.05) is 13.8 Å². The molecular weight excluding hydrogens is 616 g/mol. The summed E-state index contributed by atoms with van der Waals surface area (Å²) in [6.07, 6.45) is 9.76. The Balaban J connectivity index is 2.84. The van der Waals surface area contributed by atoms with Gasteiger partial charge in [-0.2, -0.15) is 0 Å². The van der Waals surface area contributed by atoms with E-state index in [4.69, 9.17) is 37.9 Å². The lowest BCUT2D eigenvalue weighted by Gasteiger charge is -2.17. The molecule has 48 heavy (non-hydrogen) atoms. The molecule has 2 aromatic carbocycles. The smallest absolute Gasteiger partial charge is 0.339 e. The van der Waals surface area contributed by atoms with Crippen LogP contribution in [0.2, 0.25) is 0 Å². The first-order valence-electron chi connectivity index (χ1n) is 16.9. The fourth-order valence-electron chi connectivity index (χ4n) is 4.49. The minimum Gasteiger partial charge on any atom is -0.493 e. The number of hydrogen-bond acceptors (Lipinski definition) is 10. The molecule has 0 saturated carbocycles. The van der Waals surface area contributed by atoms with Crippen LogP contribution >= 0.6 is 0 Å². The second-order valence-electron chi connectivity index (χ2n) is 11.0. The molecule has 0 heterocycles. The first-order valence-corrected chi connectivity index (χ1v) is 16.9. The van der Waals surface area contributed by atoms with Crippen molar-refractivity contribution in [1.29, 1.82) is 0 Å². The van der Waals surface area contributed by atoms with Crippen LogP contribution in [0.4, 0.5) is 0 Å². The van der Waals surface area contributed by atoms with Crippen molar-refractivity contribution in [2.24, 2.45) is 0 Å². The van der Waals surface area contributed by atoms with Crippen molar-refractivity contribution in [2.75, 3.05) is 54.9 Å². The molecule has 0 aliphatic heterocycles. The van der Waals surface area contributed by atoms with Crippen molar-refractivity contribution in [3.8, 4) is 34.5 Å². The van der Waals surface area contributed by atoms with Crippen LogP contribution in [-0.4, -0.2) is 66.8 Å². The van der Waals surface area contributed by atoms with E-state index in [1.165, 1.54) is 28.4 Å². The molecule has 0 bridgehead atoms. The third kappa shape index (κ3) is 12.0. The molecule has 0 spiro atoms. The summed E-state index contributed by atoms with van der Waals surface area (Å²) in [7, 11) is 6.12. The number of unbranched alkanes of at least 4 members (excludes halogenated alkanes) is 4. The fraction of sp³-hybridized carbons (Fsp3) is 0.526. The van der Waals surface area contributed by atoms with Crippen molar-refractivity contribution in [3.63, 3.8) is 0 Å². The van der Waals surface area contributed by atoms with E-state index in [0.29, 0.717) is 71.7 Å². The standard InChI is InChI=1S/C38H54O10/c1-9-13-17-45-35-31(41-5)23-27(24-32(35)42-6)21-29(37(39)47-19-15-11-3)30(38(40)48-20-16-12-4)22-28-25-33(43-7)36(34(26-28)44-8)46-18-14-10-2/h21-26H,9-20H2,1-8H3/b29-21-,30-22-. The lowest BCUT2D eigenvalue weighted by Crippen LogP contribution is -2.18. The second-order valence-corrected chi connectivity index (χ2v) is 11.0. The molecule has 0 fully saturated rings. The van der Waals surface area contributed by atoms with Crippen LogP contribution in [0.3, 0.4) is 0 Å². The zero-order valence-electron chi connectivity index (χ0n) is 30.0. The van der Waals surface area contributed by atoms with E-state index in [9.17, 15) is 9.59 Å². The average molecular weight is 671 g/mol. The van der Waals surface area contributed by atoms with E-state index < -0.39 is 11.9 Å². The summed E-state index contributed by atoms with van der Waals surface area (Å²) >= 11 is 0. The number of benzene rings is 2. The number of carbonyl (C=O) groups is 2. The Kier molecular flexibility index (Phi) is 18.5. The van der Waals surface area contributed by atoms with Crippen LogP contribution in [0.5, 0.6) is 34.5 Å². The molecule has 0 N–H and O–H groups in total. The predicted octanol–water partition coefficient (Wildman–Crippen LogP) is 8.23. The van der Waals surface area contributed by atoms with Crippen LogP contribution in [-0.2, 0) is 19.1 Å². The Bertz CT molecular complexity index is 1210. The molecule has 10 nitrogen and oxygen atoms in total. The Morgan fingerprint density at radius 3 is 1.06 bits per heavy atom. The molecule has 0 saturated heterocycles. The number of carbonyl (C=O) groups excluding carboxylic acids is 2. The molecule has 0 aliphatic rings. The summed E-state index contributed by atoms with van der Waals surface area (Å²) in [6, 6.07) is 6.88. The second kappa shape index (κ2) is 22.3. The van der Waals surface area contributed by atoms with Gasteiger partial charge in [0.15, 0.2) is 23.0 Å². The fourth-order valence-corrected chi connectivity index (χ4v) is 4.49. The van der Waals surface area contributed by atoms with Gasteiger partial charge in [0.2, 0.25) is 11.5 Å². The zero-order valence-corrected chi connectivity index (χ0v) is 30.0. The predicted molar refractivity (Wildman–Crippen MR) is 188 cm³/mol. The van der Waals surface area contributed by atoms with Crippen LogP contribution < -0.4 is 28.4 Å². The lowest BCUT2D eigenvalue weighted by molar-refractivity contribution is -0.142. The molecular formula is C38H54O10. The first kappa shape index (κ1) is 39.8. The average Bonchev–Trinajstić information content (AvgIpc) is 3.10. The number of esters is 2. The Morgan fingerprint density at radius 2 is 0.792 bits per heavy atom. The molecule has 2 rings (SSSR count). The van der Waals surface area contributed by atoms with Crippen molar-refractivity contribution in [3.05, 3.63) is 46.5 Å². The van der Waals surface area contributed by atoms with Crippen LogP contribution in [0, 0.1) is 0 Å². The number of hydrogen-bond donors (Lipinski definition) is 0. The van der Waals surface area contributed by atoms with Crippen molar-refractivity contribution in [2.45, 2.75) is 79.1 Å². The molecule has 0 unspecified atom stereocenters. The van der Waals surface area contributed by atoms with Crippen LogP contribution in [0.25, 0.3) is 12.2 Å². The van der Waals surface area contributed by atoms with Gasteiger partial charge in [-0.3, -0.25) is 0 Å². The first-order chi connectivity index (χ1) is 23.3. The van der Waals surface area contributed by atoms with Gasteiger partial charge in [-0.25, -0.2) is 9.59 Å². The van der Waals surface area contributed by atoms with E-state index in [2.05, 4.69) is 13.8 Å². The van der Waals surface area contributed by atoms with Crippen molar-refractivity contribution < 1.29 is 47.5 Å². The van der Waals surface area contributed by atoms with Gasteiger partial charge in [0.25, 0.3) is 0 Å². The summed E-state index contributed by atoms with van der Waals surface area (Å²) in [5.41, 5.74) is 1.04. The summed E-state index contributed by atoms with van der Waals surface area (Å²) in [5, 5.41) is 0. The van der Waals surface area contributed by atoms with Gasteiger partial charge < -0.3 is 37.9 Å². The quantitative estimate of drug-likeness (QED) is 0.0497. The van der Waals surface area contributed by atoms with E-state index in [-0.39, 0.29) is 24.4 Å². The SMILES string of the molecule is CCCCOC(=O)C(=C\c1cc(OC)c(OCCCC)c(OC)c1)/C(=C/c1cc(OC)c(OCCCC)c(OC)c1)C(=O)OCCCC. The maximum absolute atomic E-state index is 13.8. The molecule has 0 aromatic heterocycles. The topological polar surface area (TPSA) is 108 Å². The molecule has 0 aliphatic carbocycles. The van der Waals surface area contributed by atoms with Crippen LogP contribution in [0.15, 0.2) is 35.4 Å². The van der Waals surface area contributed by atoms with Crippen molar-refractivity contribution >= 4 is 24.1 Å². The molecule has 0 amide bonds. The summed E-state index contributed by atoms with van der Waals surface area (Å²) < 4.78 is 45.9. The highest BCUT2D eigenvalue weighted by molar-refractivity contribution is 6.13. The lowest BCUT2D eigenvalue weighted by atomic mass is 9.99. The largest absolute Gasteiger partial charge is 0.493 e. The highest BCUT2D eigenvalue weighted by Gasteiger charge is 2.26. The summed E-state index contributed by atoms with van der Waals surface area (Å²) in [6.45, 7) is 9.50. The molecule has 10 heteroatoms. The number of ether oxygens (including phenoxy) is 8. The summed E-state index contributed by atoms with van der Waals surface area (Å²) in [4.78, 5) is 27.6. The third-order valence-electron chi connectivity index (χ3n) is 7.27. The summed E-state index contributed by atoms with van der Waals surface area (Å²) in [5.74, 6) is 1.21. The monoisotopic (exact) mass is 670 g/mol. The Labute approximate surface area is 286 Å². The minimum absolute atomic E-state index is 0.00225. The van der Waals surface area contributed by atoms with Gasteiger partial charge in [-0.1, -0.05) is 53.4 Å². The van der Waals surface area contributed by atoms with E-state index >= 15 is 0 Å². The number of methoxy groups -OCH3 is 4. The van der Waals surface area contributed by atoms with Gasteiger partial charge in [0.05, 0.1) is 66.0 Å². The molecule has 0 atom stereocenters. The van der Waals surface area contributed by atoms with Gasteiger partial charge >= 0.3 is 11.9 Å². The van der Waals surface area contributed by atoms with Gasteiger partial charge in [0, 0.05) is 0 Å². The number of rotatable bonds is 23. The highest BCUT2D eigenvalue weighted by Crippen LogP contribution is 2.41.